The molecular weight excluding hydrogens is 380 g/mol. The van der Waals surface area contributed by atoms with Gasteiger partial charge < -0.3 is 19.9 Å². The van der Waals surface area contributed by atoms with E-state index in [9.17, 15) is 4.79 Å². The zero-order valence-corrected chi connectivity index (χ0v) is 17.4. The van der Waals surface area contributed by atoms with Crippen molar-refractivity contribution in [2.45, 2.75) is 31.7 Å². The number of morpholine rings is 1. The molecule has 0 unspecified atom stereocenters. The molecule has 2 aromatic rings. The molecule has 1 saturated heterocycles. The number of fused-ring (bicyclic) bond motifs is 1. The smallest absolute Gasteiger partial charge is 0.247 e. The fourth-order valence-electron chi connectivity index (χ4n) is 4.60. The predicted octanol–water partition coefficient (Wildman–Crippen LogP) is 2.78. The summed E-state index contributed by atoms with van der Waals surface area (Å²) in [7, 11) is 1.92. The van der Waals surface area contributed by atoms with E-state index in [0.29, 0.717) is 12.5 Å². The van der Waals surface area contributed by atoms with E-state index in [1.54, 1.807) is 0 Å². The maximum Gasteiger partial charge on any atom is 0.247 e. The van der Waals surface area contributed by atoms with E-state index in [0.717, 1.165) is 56.3 Å². The highest BCUT2D eigenvalue weighted by Gasteiger charge is 2.35. The third-order valence-electron chi connectivity index (χ3n) is 6.22. The topological polar surface area (TPSA) is 73.8 Å². The number of nitrogens with zero attached hydrogens (tertiary/aromatic N) is 5. The molecule has 1 N–H and O–H groups in total. The Bertz CT molecular complexity index is 906. The third-order valence-corrected chi connectivity index (χ3v) is 6.22. The van der Waals surface area contributed by atoms with Gasteiger partial charge in [0.05, 0.1) is 31.6 Å². The molecule has 0 radical (unpaired) electrons. The van der Waals surface area contributed by atoms with E-state index in [-0.39, 0.29) is 11.9 Å². The zero-order valence-electron chi connectivity index (χ0n) is 17.4. The van der Waals surface area contributed by atoms with Crippen molar-refractivity contribution in [3.05, 3.63) is 30.5 Å². The van der Waals surface area contributed by atoms with Crippen LogP contribution in [-0.2, 0) is 9.53 Å². The van der Waals surface area contributed by atoms with Gasteiger partial charge in [0.1, 0.15) is 0 Å². The van der Waals surface area contributed by atoms with Gasteiger partial charge in [-0.15, -0.1) is 0 Å². The summed E-state index contributed by atoms with van der Waals surface area (Å²) in [6.45, 7) is 3.75. The minimum atomic E-state index is 0.122. The van der Waals surface area contributed by atoms with Crippen molar-refractivity contribution in [1.29, 1.82) is 0 Å². The lowest BCUT2D eigenvalue weighted by Crippen LogP contribution is -2.49. The minimum Gasteiger partial charge on any atom is -0.378 e. The number of carbonyl (C=O) groups is 1. The third kappa shape index (κ3) is 3.67. The molecule has 1 saturated carbocycles. The number of benzene rings is 1. The summed E-state index contributed by atoms with van der Waals surface area (Å²) in [6, 6.07) is 8.54. The molecule has 3 aliphatic rings. The molecule has 1 aliphatic carbocycles. The number of rotatable bonds is 4. The minimum absolute atomic E-state index is 0.122. The zero-order chi connectivity index (χ0) is 20.5. The Labute approximate surface area is 176 Å². The first-order valence-electron chi connectivity index (χ1n) is 10.8. The van der Waals surface area contributed by atoms with Crippen LogP contribution < -0.4 is 20.0 Å². The van der Waals surface area contributed by atoms with Crippen molar-refractivity contribution >= 4 is 34.7 Å². The van der Waals surface area contributed by atoms with Crippen LogP contribution >= 0.6 is 0 Å². The van der Waals surface area contributed by atoms with Gasteiger partial charge in [-0.1, -0.05) is 12.8 Å². The number of hydrogen-bond acceptors (Lipinski definition) is 7. The SMILES string of the molecule is CN1CC(=O)N(C2CCCC2)c2nc(Nc3ccc(N4CCOCC4)cc3)ncc21. The van der Waals surface area contributed by atoms with Gasteiger partial charge in [0.2, 0.25) is 11.9 Å². The summed E-state index contributed by atoms with van der Waals surface area (Å²) >= 11 is 0. The van der Waals surface area contributed by atoms with Gasteiger partial charge >= 0.3 is 0 Å². The Morgan fingerprint density at radius 3 is 2.57 bits per heavy atom. The molecule has 1 aromatic heterocycles. The second kappa shape index (κ2) is 8.10. The average molecular weight is 409 g/mol. The van der Waals surface area contributed by atoms with Crippen LogP contribution in [0.1, 0.15) is 25.7 Å². The normalized spacial score (nSPS) is 19.9. The summed E-state index contributed by atoms with van der Waals surface area (Å²) < 4.78 is 5.43. The summed E-state index contributed by atoms with van der Waals surface area (Å²) in [4.78, 5) is 28.2. The standard InChI is InChI=1S/C22H28N6O2/c1-26-15-20(29)28(18-4-2-3-5-18)21-19(26)14-23-22(25-21)24-16-6-8-17(9-7-16)27-10-12-30-13-11-27/h6-9,14,18H,2-5,10-13,15H2,1H3,(H,23,24,25). The maximum atomic E-state index is 12.8. The fourth-order valence-corrected chi connectivity index (χ4v) is 4.60. The summed E-state index contributed by atoms with van der Waals surface area (Å²) in [5, 5.41) is 3.30. The van der Waals surface area contributed by atoms with Gasteiger partial charge in [-0.3, -0.25) is 9.69 Å². The van der Waals surface area contributed by atoms with Crippen molar-refractivity contribution in [2.75, 3.05) is 59.9 Å². The molecule has 0 spiro atoms. The van der Waals surface area contributed by atoms with Crippen LogP contribution in [0.3, 0.4) is 0 Å². The van der Waals surface area contributed by atoms with Crippen LogP contribution in [0.25, 0.3) is 0 Å². The van der Waals surface area contributed by atoms with Gasteiger partial charge in [-0.05, 0) is 37.1 Å². The molecule has 0 bridgehead atoms. The molecule has 0 atom stereocenters. The number of amides is 1. The van der Waals surface area contributed by atoms with E-state index < -0.39 is 0 Å². The number of aromatic nitrogens is 2. The van der Waals surface area contributed by atoms with Crippen molar-refractivity contribution < 1.29 is 9.53 Å². The Kier molecular flexibility index (Phi) is 5.16. The summed E-state index contributed by atoms with van der Waals surface area (Å²) in [5.41, 5.74) is 3.03. The van der Waals surface area contributed by atoms with Gasteiger partial charge in [0.15, 0.2) is 5.82 Å². The van der Waals surface area contributed by atoms with E-state index in [1.165, 1.54) is 18.5 Å². The van der Waals surface area contributed by atoms with Gasteiger partial charge in [0.25, 0.3) is 0 Å². The first-order chi connectivity index (χ1) is 14.7. The van der Waals surface area contributed by atoms with Crippen molar-refractivity contribution in [3.63, 3.8) is 0 Å². The molecule has 30 heavy (non-hydrogen) atoms. The fraction of sp³-hybridized carbons (Fsp3) is 0.500. The Hall–Kier alpha value is -2.87. The lowest BCUT2D eigenvalue weighted by Gasteiger charge is -2.37. The van der Waals surface area contributed by atoms with Gasteiger partial charge in [-0.25, -0.2) is 4.98 Å². The van der Waals surface area contributed by atoms with Crippen LogP contribution in [0.4, 0.5) is 28.8 Å². The molecule has 158 valence electrons. The van der Waals surface area contributed by atoms with Gasteiger partial charge in [0, 0.05) is 37.6 Å². The molecule has 1 amide bonds. The number of carbonyl (C=O) groups excluding carboxylic acids is 1. The van der Waals surface area contributed by atoms with Gasteiger partial charge in [-0.2, -0.15) is 4.98 Å². The van der Waals surface area contributed by atoms with E-state index >= 15 is 0 Å². The Morgan fingerprint density at radius 1 is 1.10 bits per heavy atom. The number of hydrogen-bond donors (Lipinski definition) is 1. The molecule has 2 fully saturated rings. The number of anilines is 5. The highest BCUT2D eigenvalue weighted by Crippen LogP contribution is 2.36. The van der Waals surface area contributed by atoms with Crippen LogP contribution in [-0.4, -0.2) is 61.8 Å². The summed E-state index contributed by atoms with van der Waals surface area (Å²) in [6.07, 6.45) is 6.26. The van der Waals surface area contributed by atoms with Crippen LogP contribution in [0.2, 0.25) is 0 Å². The number of likely N-dealkylation sites (N-methyl/N-ethyl adjacent to an activating group) is 1. The van der Waals surface area contributed by atoms with E-state index in [2.05, 4.69) is 27.3 Å². The first-order valence-corrected chi connectivity index (χ1v) is 10.8. The number of nitrogens with one attached hydrogen (secondary N) is 1. The van der Waals surface area contributed by atoms with Crippen LogP contribution in [0, 0.1) is 0 Å². The largest absolute Gasteiger partial charge is 0.378 e. The highest BCUT2D eigenvalue weighted by molar-refractivity contribution is 6.02. The molecule has 5 rings (SSSR count). The van der Waals surface area contributed by atoms with E-state index in [1.807, 2.05) is 35.2 Å². The average Bonchev–Trinajstić information content (AvgIpc) is 3.29. The van der Waals surface area contributed by atoms with Crippen LogP contribution in [0.5, 0.6) is 0 Å². The monoisotopic (exact) mass is 408 g/mol. The Morgan fingerprint density at radius 2 is 1.83 bits per heavy atom. The molecular formula is C22H28N6O2. The lowest BCUT2D eigenvalue weighted by molar-refractivity contribution is -0.118. The first kappa shape index (κ1) is 19.1. The van der Waals surface area contributed by atoms with Crippen molar-refractivity contribution in [3.8, 4) is 0 Å². The molecule has 3 heterocycles. The molecule has 2 aliphatic heterocycles. The Balaban J connectivity index is 1.37. The van der Waals surface area contributed by atoms with Crippen molar-refractivity contribution in [2.24, 2.45) is 0 Å². The van der Waals surface area contributed by atoms with Crippen LogP contribution in [0.15, 0.2) is 30.5 Å². The molecule has 1 aromatic carbocycles. The quantitative estimate of drug-likeness (QED) is 0.834. The van der Waals surface area contributed by atoms with E-state index in [4.69, 9.17) is 9.72 Å². The molecule has 8 heteroatoms. The second-order valence-electron chi connectivity index (χ2n) is 8.23. The second-order valence-corrected chi connectivity index (χ2v) is 8.23. The lowest BCUT2D eigenvalue weighted by atomic mass is 10.1. The maximum absolute atomic E-state index is 12.8. The summed E-state index contributed by atoms with van der Waals surface area (Å²) in [5.74, 6) is 1.36. The highest BCUT2D eigenvalue weighted by atomic mass is 16.5. The predicted molar refractivity (Wildman–Crippen MR) is 118 cm³/mol. The molecule has 8 nitrogen and oxygen atoms in total. The van der Waals surface area contributed by atoms with Crippen molar-refractivity contribution in [1.82, 2.24) is 9.97 Å². The number of ether oxygens (including phenoxy) is 1.